The van der Waals surface area contributed by atoms with Gasteiger partial charge in [0.1, 0.15) is 11.4 Å². The van der Waals surface area contributed by atoms with Crippen LogP contribution in [0, 0.1) is 5.92 Å². The fraction of sp³-hybridized carbons (Fsp3) is 0.400. The third-order valence-electron chi connectivity index (χ3n) is 6.88. The number of Topliss-reactive ketones (excluding diaryl/α,β-unsaturated/α-hetero) is 1. The summed E-state index contributed by atoms with van der Waals surface area (Å²) in [6.07, 6.45) is 1.56. The van der Waals surface area contributed by atoms with E-state index in [1.165, 1.54) is 0 Å². The van der Waals surface area contributed by atoms with E-state index in [1.807, 2.05) is 35.2 Å². The van der Waals surface area contributed by atoms with Crippen molar-refractivity contribution in [3.8, 4) is 5.75 Å². The molecule has 0 saturated carbocycles. The largest absolute Gasteiger partial charge is 0.484 e. The van der Waals surface area contributed by atoms with Crippen LogP contribution in [-0.2, 0) is 16.1 Å². The maximum absolute atomic E-state index is 13.2. The minimum Gasteiger partial charge on any atom is -0.484 e. The van der Waals surface area contributed by atoms with Crippen molar-refractivity contribution >= 4 is 40.8 Å². The second-order valence-electron chi connectivity index (χ2n) is 9.14. The maximum Gasteiger partial charge on any atom is 0.227 e. The first-order valence-corrected chi connectivity index (χ1v) is 11.9. The average Bonchev–Trinajstić information content (AvgIpc) is 3.16. The topological polar surface area (TPSA) is 66.9 Å². The molecular formula is C25H24Cl2N2O4. The smallest absolute Gasteiger partial charge is 0.227 e. The SMILES string of the molecule is O=C1CC2(CCN(C(=O)C3CC(=O)N(Cc4ccccc4)C3)CC2)Oc2c(Cl)cc(Cl)cc21. The summed E-state index contributed by atoms with van der Waals surface area (Å²) in [5, 5.41) is 0.728. The molecule has 0 aromatic heterocycles. The van der Waals surface area contributed by atoms with Gasteiger partial charge < -0.3 is 14.5 Å². The number of rotatable bonds is 3. The molecule has 2 aromatic carbocycles. The molecule has 0 radical (unpaired) electrons. The first-order valence-electron chi connectivity index (χ1n) is 11.2. The molecule has 2 aromatic rings. The van der Waals surface area contributed by atoms with Crippen LogP contribution in [0.2, 0.25) is 10.0 Å². The van der Waals surface area contributed by atoms with Crippen molar-refractivity contribution in [1.29, 1.82) is 0 Å². The van der Waals surface area contributed by atoms with Gasteiger partial charge in [0.25, 0.3) is 0 Å². The molecule has 8 heteroatoms. The number of halogens is 2. The molecule has 0 bridgehead atoms. The molecule has 3 heterocycles. The molecule has 1 spiro atoms. The van der Waals surface area contributed by atoms with E-state index in [9.17, 15) is 14.4 Å². The van der Waals surface area contributed by atoms with E-state index < -0.39 is 5.60 Å². The summed E-state index contributed by atoms with van der Waals surface area (Å²) in [5.74, 6) is 0.0211. The Morgan fingerprint density at radius 1 is 1.09 bits per heavy atom. The van der Waals surface area contributed by atoms with Crippen LogP contribution < -0.4 is 4.74 Å². The molecule has 2 amide bonds. The van der Waals surface area contributed by atoms with Gasteiger partial charge in [-0.05, 0) is 17.7 Å². The van der Waals surface area contributed by atoms with E-state index in [-0.39, 0.29) is 36.4 Å². The normalized spacial score (nSPS) is 21.8. The Hall–Kier alpha value is -2.57. The lowest BCUT2D eigenvalue weighted by molar-refractivity contribution is -0.139. The highest BCUT2D eigenvalue weighted by atomic mass is 35.5. The summed E-state index contributed by atoms with van der Waals surface area (Å²) in [5.41, 5.74) is 0.807. The first-order chi connectivity index (χ1) is 15.8. The van der Waals surface area contributed by atoms with Crippen LogP contribution in [0.3, 0.4) is 0 Å². The minimum absolute atomic E-state index is 0.00103. The molecule has 2 saturated heterocycles. The second kappa shape index (κ2) is 8.65. The van der Waals surface area contributed by atoms with Crippen molar-refractivity contribution < 1.29 is 19.1 Å². The first kappa shape index (κ1) is 22.2. The van der Waals surface area contributed by atoms with Crippen LogP contribution in [0.1, 0.15) is 41.6 Å². The van der Waals surface area contributed by atoms with Gasteiger partial charge in [-0.15, -0.1) is 0 Å². The van der Waals surface area contributed by atoms with Crippen LogP contribution >= 0.6 is 23.2 Å². The Bertz CT molecular complexity index is 1110. The fourth-order valence-electron chi connectivity index (χ4n) is 5.08. The predicted octanol–water partition coefficient (Wildman–Crippen LogP) is 4.37. The number of ketones is 1. The van der Waals surface area contributed by atoms with E-state index in [0.29, 0.717) is 60.4 Å². The number of benzene rings is 2. The molecule has 6 nitrogen and oxygen atoms in total. The van der Waals surface area contributed by atoms with Gasteiger partial charge in [-0.3, -0.25) is 14.4 Å². The molecule has 5 rings (SSSR count). The van der Waals surface area contributed by atoms with Crippen LogP contribution in [0.15, 0.2) is 42.5 Å². The second-order valence-corrected chi connectivity index (χ2v) is 9.98. The molecular weight excluding hydrogens is 463 g/mol. The van der Waals surface area contributed by atoms with Gasteiger partial charge in [0.2, 0.25) is 11.8 Å². The standard InChI is InChI=1S/C25H24Cl2N2O4/c26-18-11-19-21(30)13-25(33-23(19)20(27)12-18)6-8-28(9-7-25)24(32)17-10-22(31)29(15-17)14-16-4-2-1-3-5-16/h1-5,11-12,17H,6-10,13-15H2. The Morgan fingerprint density at radius 3 is 2.55 bits per heavy atom. The molecule has 0 N–H and O–H groups in total. The molecule has 1 atom stereocenters. The number of amides is 2. The average molecular weight is 487 g/mol. The zero-order chi connectivity index (χ0) is 23.2. The zero-order valence-corrected chi connectivity index (χ0v) is 19.6. The summed E-state index contributed by atoms with van der Waals surface area (Å²) >= 11 is 12.3. The zero-order valence-electron chi connectivity index (χ0n) is 18.1. The predicted molar refractivity (Wildman–Crippen MR) is 125 cm³/mol. The van der Waals surface area contributed by atoms with Gasteiger partial charge in [0.15, 0.2) is 5.78 Å². The summed E-state index contributed by atoms with van der Waals surface area (Å²) in [7, 11) is 0. The number of carbonyl (C=O) groups excluding carboxylic acids is 3. The molecule has 33 heavy (non-hydrogen) atoms. The van der Waals surface area contributed by atoms with Crippen LogP contribution in [0.25, 0.3) is 0 Å². The molecule has 172 valence electrons. The molecule has 3 aliphatic heterocycles. The van der Waals surface area contributed by atoms with E-state index >= 15 is 0 Å². The van der Waals surface area contributed by atoms with Gasteiger partial charge in [0.05, 0.1) is 22.9 Å². The van der Waals surface area contributed by atoms with E-state index in [0.717, 1.165) is 5.56 Å². The van der Waals surface area contributed by atoms with Crippen molar-refractivity contribution in [2.75, 3.05) is 19.6 Å². The van der Waals surface area contributed by atoms with Crippen molar-refractivity contribution in [1.82, 2.24) is 9.80 Å². The van der Waals surface area contributed by atoms with Crippen molar-refractivity contribution in [3.63, 3.8) is 0 Å². The van der Waals surface area contributed by atoms with Crippen LogP contribution in [0.4, 0.5) is 0 Å². The van der Waals surface area contributed by atoms with Gasteiger partial charge >= 0.3 is 0 Å². The monoisotopic (exact) mass is 486 g/mol. The number of likely N-dealkylation sites (tertiary alicyclic amines) is 2. The van der Waals surface area contributed by atoms with Crippen LogP contribution in [0.5, 0.6) is 5.75 Å². The highest BCUT2D eigenvalue weighted by Gasteiger charge is 2.46. The highest BCUT2D eigenvalue weighted by Crippen LogP contribution is 2.44. The number of fused-ring (bicyclic) bond motifs is 1. The quantitative estimate of drug-likeness (QED) is 0.645. The Labute approximate surface area is 202 Å². The summed E-state index contributed by atoms with van der Waals surface area (Å²) < 4.78 is 6.26. The van der Waals surface area contributed by atoms with E-state index in [4.69, 9.17) is 27.9 Å². The Kier molecular flexibility index (Phi) is 5.83. The summed E-state index contributed by atoms with van der Waals surface area (Å²) in [6.45, 7) is 1.92. The van der Waals surface area contributed by atoms with Gasteiger partial charge in [-0.2, -0.15) is 0 Å². The number of nitrogens with zero attached hydrogens (tertiary/aromatic N) is 2. The number of hydrogen-bond acceptors (Lipinski definition) is 4. The molecule has 3 aliphatic rings. The third-order valence-corrected chi connectivity index (χ3v) is 7.38. The maximum atomic E-state index is 13.2. The van der Waals surface area contributed by atoms with Crippen molar-refractivity contribution in [2.24, 2.45) is 5.92 Å². The summed E-state index contributed by atoms with van der Waals surface area (Å²) in [6, 6.07) is 13.0. The number of piperidine rings is 1. The van der Waals surface area contributed by atoms with Crippen LogP contribution in [-0.4, -0.2) is 52.6 Å². The number of ether oxygens (including phenoxy) is 1. The lowest BCUT2D eigenvalue weighted by Gasteiger charge is -2.44. The van der Waals surface area contributed by atoms with Crippen molar-refractivity contribution in [3.05, 3.63) is 63.6 Å². The Morgan fingerprint density at radius 2 is 1.82 bits per heavy atom. The minimum atomic E-state index is -0.664. The van der Waals surface area contributed by atoms with Gasteiger partial charge in [-0.1, -0.05) is 53.5 Å². The number of carbonyl (C=O) groups is 3. The fourth-order valence-corrected chi connectivity index (χ4v) is 5.61. The molecule has 0 aliphatic carbocycles. The Balaban J connectivity index is 1.22. The lowest BCUT2D eigenvalue weighted by atomic mass is 9.82. The van der Waals surface area contributed by atoms with E-state index in [2.05, 4.69) is 0 Å². The molecule has 1 unspecified atom stereocenters. The van der Waals surface area contributed by atoms with Gasteiger partial charge in [-0.25, -0.2) is 0 Å². The highest BCUT2D eigenvalue weighted by molar-refractivity contribution is 6.36. The summed E-state index contributed by atoms with van der Waals surface area (Å²) in [4.78, 5) is 42.0. The van der Waals surface area contributed by atoms with Gasteiger partial charge in [0, 0.05) is 50.5 Å². The lowest BCUT2D eigenvalue weighted by Crippen LogP contribution is -2.53. The third kappa shape index (κ3) is 4.34. The molecule has 2 fully saturated rings. The van der Waals surface area contributed by atoms with E-state index in [1.54, 1.807) is 17.0 Å². The number of hydrogen-bond donors (Lipinski definition) is 0. The van der Waals surface area contributed by atoms with Crippen molar-refractivity contribution in [2.45, 2.75) is 37.8 Å².